The second kappa shape index (κ2) is 8.62. The zero-order chi connectivity index (χ0) is 21.1. The number of hydrogen-bond acceptors (Lipinski definition) is 4. The number of halogens is 3. The van der Waals surface area contributed by atoms with Crippen molar-refractivity contribution in [3.63, 3.8) is 0 Å². The van der Waals surface area contributed by atoms with Gasteiger partial charge in [-0.2, -0.15) is 0 Å². The van der Waals surface area contributed by atoms with Gasteiger partial charge in [-0.05, 0) is 36.4 Å². The Labute approximate surface area is 177 Å². The van der Waals surface area contributed by atoms with Gasteiger partial charge in [-0.25, -0.2) is 13.6 Å². The van der Waals surface area contributed by atoms with Crippen LogP contribution in [0.5, 0.6) is 0 Å². The van der Waals surface area contributed by atoms with Gasteiger partial charge in [-0.15, -0.1) is 10.2 Å². The molecule has 0 saturated carbocycles. The van der Waals surface area contributed by atoms with Crippen LogP contribution in [0.4, 0.5) is 25.1 Å². The van der Waals surface area contributed by atoms with Crippen molar-refractivity contribution in [1.82, 2.24) is 15.1 Å². The Morgan fingerprint density at radius 1 is 0.933 bits per heavy atom. The maximum atomic E-state index is 13.7. The standard InChI is InChI=1S/C21H18ClF2N5O/c22-15-3-1-14(2-4-15)18-7-8-20(27-26-18)28-9-11-29(12-10-28)21(30)25-19-6-5-16(23)13-17(19)24/h1-8,13H,9-12H2,(H,25,30). The topological polar surface area (TPSA) is 61.4 Å². The molecular weight excluding hydrogens is 412 g/mol. The molecule has 1 fully saturated rings. The summed E-state index contributed by atoms with van der Waals surface area (Å²) in [7, 11) is 0. The maximum absolute atomic E-state index is 13.7. The third-order valence-electron chi connectivity index (χ3n) is 4.85. The second-order valence-electron chi connectivity index (χ2n) is 6.81. The van der Waals surface area contributed by atoms with Crippen molar-refractivity contribution in [3.8, 4) is 11.3 Å². The zero-order valence-electron chi connectivity index (χ0n) is 15.9. The molecule has 2 amide bonds. The summed E-state index contributed by atoms with van der Waals surface area (Å²) in [5.74, 6) is -0.780. The molecule has 0 atom stereocenters. The van der Waals surface area contributed by atoms with E-state index in [2.05, 4.69) is 15.5 Å². The molecule has 9 heteroatoms. The van der Waals surface area contributed by atoms with Crippen LogP contribution in [-0.2, 0) is 0 Å². The number of carbonyl (C=O) groups excluding carboxylic acids is 1. The molecule has 2 heterocycles. The number of nitrogens with zero attached hydrogens (tertiary/aromatic N) is 4. The molecule has 30 heavy (non-hydrogen) atoms. The first-order chi connectivity index (χ1) is 14.5. The number of hydrogen-bond donors (Lipinski definition) is 1. The Balaban J connectivity index is 1.34. The lowest BCUT2D eigenvalue weighted by atomic mass is 10.1. The molecule has 1 aromatic heterocycles. The van der Waals surface area contributed by atoms with E-state index >= 15 is 0 Å². The van der Waals surface area contributed by atoms with Gasteiger partial charge in [-0.1, -0.05) is 23.7 Å². The van der Waals surface area contributed by atoms with Crippen molar-refractivity contribution in [2.24, 2.45) is 0 Å². The fourth-order valence-electron chi connectivity index (χ4n) is 3.19. The average molecular weight is 430 g/mol. The first-order valence-electron chi connectivity index (χ1n) is 9.35. The molecule has 0 aliphatic carbocycles. The first-order valence-corrected chi connectivity index (χ1v) is 9.73. The highest BCUT2D eigenvalue weighted by Gasteiger charge is 2.23. The third-order valence-corrected chi connectivity index (χ3v) is 5.11. The van der Waals surface area contributed by atoms with Gasteiger partial charge in [0.1, 0.15) is 11.6 Å². The molecule has 0 radical (unpaired) electrons. The molecule has 4 rings (SSSR count). The summed E-state index contributed by atoms with van der Waals surface area (Å²) in [6, 6.07) is 13.8. The van der Waals surface area contributed by atoms with Crippen molar-refractivity contribution >= 4 is 29.1 Å². The van der Waals surface area contributed by atoms with Crippen LogP contribution in [0.15, 0.2) is 54.6 Å². The number of nitrogens with one attached hydrogen (secondary N) is 1. The molecule has 0 bridgehead atoms. The van der Waals surface area contributed by atoms with Gasteiger partial charge in [0.15, 0.2) is 5.82 Å². The summed E-state index contributed by atoms with van der Waals surface area (Å²) in [5.41, 5.74) is 1.62. The van der Waals surface area contributed by atoms with Crippen LogP contribution in [0.1, 0.15) is 0 Å². The van der Waals surface area contributed by atoms with Crippen molar-refractivity contribution in [1.29, 1.82) is 0 Å². The fraction of sp³-hybridized carbons (Fsp3) is 0.190. The summed E-state index contributed by atoms with van der Waals surface area (Å²) < 4.78 is 26.7. The number of benzene rings is 2. The number of urea groups is 1. The van der Waals surface area contributed by atoms with Crippen LogP contribution in [0.2, 0.25) is 5.02 Å². The molecule has 1 aliphatic heterocycles. The molecule has 2 aromatic carbocycles. The highest BCUT2D eigenvalue weighted by Crippen LogP contribution is 2.22. The number of amides is 2. The fourth-order valence-corrected chi connectivity index (χ4v) is 3.32. The van der Waals surface area contributed by atoms with Crippen LogP contribution in [0, 0.1) is 11.6 Å². The lowest BCUT2D eigenvalue weighted by Crippen LogP contribution is -2.50. The van der Waals surface area contributed by atoms with Gasteiger partial charge < -0.3 is 15.1 Å². The van der Waals surface area contributed by atoms with Gasteiger partial charge in [0, 0.05) is 42.8 Å². The second-order valence-corrected chi connectivity index (χ2v) is 7.25. The van der Waals surface area contributed by atoms with E-state index < -0.39 is 17.7 Å². The van der Waals surface area contributed by atoms with Crippen LogP contribution in [0.25, 0.3) is 11.3 Å². The van der Waals surface area contributed by atoms with Crippen LogP contribution < -0.4 is 10.2 Å². The monoisotopic (exact) mass is 429 g/mol. The van der Waals surface area contributed by atoms with Gasteiger partial charge in [-0.3, -0.25) is 0 Å². The normalized spacial score (nSPS) is 14.0. The van der Waals surface area contributed by atoms with Crippen molar-refractivity contribution < 1.29 is 13.6 Å². The Bertz CT molecular complexity index is 1040. The largest absolute Gasteiger partial charge is 0.352 e. The Morgan fingerprint density at radius 3 is 2.30 bits per heavy atom. The quantitative estimate of drug-likeness (QED) is 0.669. The molecule has 1 aliphatic rings. The van der Waals surface area contributed by atoms with Crippen LogP contribution in [-0.4, -0.2) is 47.3 Å². The molecule has 1 saturated heterocycles. The van der Waals surface area contributed by atoms with Gasteiger partial charge >= 0.3 is 6.03 Å². The predicted octanol–water partition coefficient (Wildman–Crippen LogP) is 4.43. The van der Waals surface area contributed by atoms with E-state index in [1.165, 1.54) is 6.07 Å². The van der Waals surface area contributed by atoms with E-state index in [4.69, 9.17) is 11.6 Å². The summed E-state index contributed by atoms with van der Waals surface area (Å²) in [6.07, 6.45) is 0. The lowest BCUT2D eigenvalue weighted by molar-refractivity contribution is 0.208. The van der Waals surface area contributed by atoms with Crippen molar-refractivity contribution in [2.75, 3.05) is 36.4 Å². The van der Waals surface area contributed by atoms with E-state index in [-0.39, 0.29) is 5.69 Å². The third kappa shape index (κ3) is 4.49. The minimum atomic E-state index is -0.807. The number of anilines is 2. The summed E-state index contributed by atoms with van der Waals surface area (Å²) in [6.45, 7) is 2.01. The van der Waals surface area contributed by atoms with Gasteiger partial charge in [0.2, 0.25) is 0 Å². The first kappa shape index (κ1) is 20.0. The summed E-state index contributed by atoms with van der Waals surface area (Å²) in [4.78, 5) is 16.0. The summed E-state index contributed by atoms with van der Waals surface area (Å²) >= 11 is 5.91. The van der Waals surface area contributed by atoms with Gasteiger partial charge in [0.25, 0.3) is 0 Å². The Kier molecular flexibility index (Phi) is 5.76. The maximum Gasteiger partial charge on any atom is 0.322 e. The summed E-state index contributed by atoms with van der Waals surface area (Å²) in [5, 5.41) is 11.7. The smallest absolute Gasteiger partial charge is 0.322 e. The average Bonchev–Trinajstić information content (AvgIpc) is 2.76. The number of rotatable bonds is 3. The van der Waals surface area contributed by atoms with Crippen molar-refractivity contribution in [2.45, 2.75) is 0 Å². The van der Waals surface area contributed by atoms with Gasteiger partial charge in [0.05, 0.1) is 11.4 Å². The molecule has 3 aromatic rings. The van der Waals surface area contributed by atoms with E-state index in [0.29, 0.717) is 31.2 Å². The highest BCUT2D eigenvalue weighted by molar-refractivity contribution is 6.30. The molecule has 0 unspecified atom stereocenters. The highest BCUT2D eigenvalue weighted by atomic mass is 35.5. The van der Waals surface area contributed by atoms with Crippen LogP contribution >= 0.6 is 11.6 Å². The zero-order valence-corrected chi connectivity index (χ0v) is 16.6. The minimum absolute atomic E-state index is 0.0486. The van der Waals surface area contributed by atoms with Crippen LogP contribution in [0.3, 0.4) is 0 Å². The number of piperazine rings is 1. The Hall–Kier alpha value is -3.26. The van der Waals surface area contributed by atoms with Crippen molar-refractivity contribution in [3.05, 3.63) is 71.3 Å². The molecule has 6 nitrogen and oxygen atoms in total. The van der Waals surface area contributed by atoms with E-state index in [1.807, 2.05) is 29.2 Å². The van der Waals surface area contributed by atoms with E-state index in [9.17, 15) is 13.6 Å². The molecular formula is C21H18ClF2N5O. The Morgan fingerprint density at radius 2 is 1.67 bits per heavy atom. The SMILES string of the molecule is O=C(Nc1ccc(F)cc1F)N1CCN(c2ccc(-c3ccc(Cl)cc3)nn2)CC1. The number of aromatic nitrogens is 2. The number of carbonyl (C=O) groups is 1. The molecule has 1 N–H and O–H groups in total. The molecule has 0 spiro atoms. The van der Waals surface area contributed by atoms with E-state index in [1.54, 1.807) is 17.0 Å². The minimum Gasteiger partial charge on any atom is -0.352 e. The van der Waals surface area contributed by atoms with E-state index in [0.717, 1.165) is 29.2 Å². The molecule has 154 valence electrons. The predicted molar refractivity (Wildman–Crippen MR) is 112 cm³/mol. The lowest BCUT2D eigenvalue weighted by Gasteiger charge is -2.35.